The van der Waals surface area contributed by atoms with Gasteiger partial charge in [0, 0.05) is 0 Å². The minimum Gasteiger partial charge on any atom is -0.207 e. The zero-order valence-electron chi connectivity index (χ0n) is 10.1. The lowest BCUT2D eigenvalue weighted by molar-refractivity contribution is 0.627. The molecule has 0 radical (unpaired) electrons. The summed E-state index contributed by atoms with van der Waals surface area (Å²) in [5, 5.41) is 0. The molecule has 0 atom stereocenters. The first kappa shape index (κ1) is 13.4. The molecule has 2 heteroatoms. The van der Waals surface area contributed by atoms with E-state index in [1.807, 2.05) is 13.8 Å². The summed E-state index contributed by atoms with van der Waals surface area (Å²) in [6, 6.07) is 12.7. The van der Waals surface area contributed by atoms with E-state index in [1.54, 1.807) is 24.3 Å². The zero-order valence-corrected chi connectivity index (χ0v) is 10.1. The molecule has 0 saturated heterocycles. The van der Waals surface area contributed by atoms with Gasteiger partial charge in [0.05, 0.1) is 0 Å². The van der Waals surface area contributed by atoms with Crippen molar-refractivity contribution in [1.82, 2.24) is 0 Å². The van der Waals surface area contributed by atoms with Crippen molar-refractivity contribution in [3.63, 3.8) is 0 Å². The minimum absolute atomic E-state index is 0.238. The van der Waals surface area contributed by atoms with E-state index in [0.29, 0.717) is 6.42 Å². The monoisotopic (exact) mass is 234 g/mol. The van der Waals surface area contributed by atoms with E-state index < -0.39 is 0 Å². The molecule has 17 heavy (non-hydrogen) atoms. The van der Waals surface area contributed by atoms with E-state index in [-0.39, 0.29) is 11.6 Å². The van der Waals surface area contributed by atoms with E-state index in [2.05, 4.69) is 0 Å². The van der Waals surface area contributed by atoms with E-state index in [4.69, 9.17) is 0 Å². The molecule has 0 N–H and O–H groups in total. The maximum atomic E-state index is 12.6. The second-order valence-electron chi connectivity index (χ2n) is 3.43. The Morgan fingerprint density at radius 2 is 0.941 bits per heavy atom. The van der Waals surface area contributed by atoms with Crippen LogP contribution in [0.4, 0.5) is 8.78 Å². The third kappa shape index (κ3) is 4.35. The summed E-state index contributed by atoms with van der Waals surface area (Å²) in [5.74, 6) is -0.476. The van der Waals surface area contributed by atoms with E-state index in [0.717, 1.165) is 11.1 Å². The molecule has 0 amide bonds. The molecule has 0 bridgehead atoms. The molecule has 0 nitrogen and oxygen atoms in total. The molecule has 0 unspecified atom stereocenters. The summed E-state index contributed by atoms with van der Waals surface area (Å²) in [5.41, 5.74) is 2.03. The fourth-order valence-electron chi connectivity index (χ4n) is 1.44. The van der Waals surface area contributed by atoms with Crippen molar-refractivity contribution in [2.75, 3.05) is 0 Å². The molecule has 0 saturated carbocycles. The fraction of sp³-hybridized carbons (Fsp3) is 0.200. The normalized spacial score (nSPS) is 9.41. The van der Waals surface area contributed by atoms with Gasteiger partial charge in [-0.3, -0.25) is 0 Å². The van der Waals surface area contributed by atoms with Gasteiger partial charge < -0.3 is 0 Å². The van der Waals surface area contributed by atoms with Gasteiger partial charge >= 0.3 is 0 Å². The largest absolute Gasteiger partial charge is 0.207 e. The summed E-state index contributed by atoms with van der Waals surface area (Å²) < 4.78 is 25.3. The van der Waals surface area contributed by atoms with Crippen LogP contribution in [0.5, 0.6) is 0 Å². The highest BCUT2D eigenvalue weighted by Gasteiger charge is 1.97. The van der Waals surface area contributed by atoms with Gasteiger partial charge in [0.2, 0.25) is 0 Å². The minimum atomic E-state index is -0.238. The van der Waals surface area contributed by atoms with Crippen LogP contribution in [-0.2, 0) is 6.42 Å². The lowest BCUT2D eigenvalue weighted by Gasteiger charge is -2.01. The molecule has 2 aromatic carbocycles. The van der Waals surface area contributed by atoms with Crippen molar-refractivity contribution < 1.29 is 8.78 Å². The Morgan fingerprint density at radius 3 is 1.24 bits per heavy atom. The van der Waals surface area contributed by atoms with Crippen molar-refractivity contribution >= 4 is 0 Å². The SMILES string of the molecule is CC.Fc1ccc(Cc2ccc(F)cc2)cc1. The highest BCUT2D eigenvalue weighted by atomic mass is 19.1. The Hall–Kier alpha value is -1.70. The van der Waals surface area contributed by atoms with Crippen LogP contribution in [0.3, 0.4) is 0 Å². The van der Waals surface area contributed by atoms with Gasteiger partial charge in [0.15, 0.2) is 0 Å². The number of hydrogen-bond donors (Lipinski definition) is 0. The Bertz CT molecular complexity index is 386. The smallest absolute Gasteiger partial charge is 0.123 e. The topological polar surface area (TPSA) is 0 Å². The van der Waals surface area contributed by atoms with Gasteiger partial charge in [0.1, 0.15) is 11.6 Å². The van der Waals surface area contributed by atoms with Crippen molar-refractivity contribution in [3.8, 4) is 0 Å². The highest BCUT2D eigenvalue weighted by molar-refractivity contribution is 5.26. The summed E-state index contributed by atoms with van der Waals surface area (Å²) in [6.45, 7) is 4.00. The molecule has 0 aliphatic heterocycles. The van der Waals surface area contributed by atoms with Crippen LogP contribution in [0.1, 0.15) is 25.0 Å². The lowest BCUT2D eigenvalue weighted by atomic mass is 10.1. The zero-order chi connectivity index (χ0) is 12.7. The molecule has 0 aliphatic rings. The molecule has 0 heterocycles. The molecule has 2 aromatic rings. The van der Waals surface area contributed by atoms with Crippen LogP contribution in [0.25, 0.3) is 0 Å². The van der Waals surface area contributed by atoms with Crippen LogP contribution >= 0.6 is 0 Å². The van der Waals surface area contributed by atoms with E-state index >= 15 is 0 Å². The van der Waals surface area contributed by atoms with Crippen molar-refractivity contribution in [2.45, 2.75) is 20.3 Å². The molecule has 0 aliphatic carbocycles. The summed E-state index contributed by atoms with van der Waals surface area (Å²) in [6.07, 6.45) is 0.695. The first-order chi connectivity index (χ1) is 8.24. The number of hydrogen-bond acceptors (Lipinski definition) is 0. The molecule has 0 aromatic heterocycles. The van der Waals surface area contributed by atoms with Crippen molar-refractivity contribution in [2.24, 2.45) is 0 Å². The van der Waals surface area contributed by atoms with Gasteiger partial charge in [-0.15, -0.1) is 0 Å². The lowest BCUT2D eigenvalue weighted by Crippen LogP contribution is -1.88. The van der Waals surface area contributed by atoms with Crippen LogP contribution in [0, 0.1) is 11.6 Å². The van der Waals surface area contributed by atoms with Gasteiger partial charge in [-0.25, -0.2) is 8.78 Å². The quantitative estimate of drug-likeness (QED) is 0.713. The molecule has 90 valence electrons. The first-order valence-corrected chi connectivity index (χ1v) is 5.73. The average molecular weight is 234 g/mol. The Labute approximate surface area is 101 Å². The standard InChI is InChI=1S/C13H10F2.C2H6/c14-12-5-1-10(2-6-12)9-11-3-7-13(15)8-4-11;1-2/h1-8H,9H2;1-2H3. The maximum Gasteiger partial charge on any atom is 0.123 e. The summed E-state index contributed by atoms with van der Waals surface area (Å²) in [4.78, 5) is 0. The predicted molar refractivity (Wildman–Crippen MR) is 67.0 cm³/mol. The maximum absolute atomic E-state index is 12.6. The third-order valence-corrected chi connectivity index (χ3v) is 2.23. The molecular formula is C15H16F2. The van der Waals surface area contributed by atoms with Crippen LogP contribution in [-0.4, -0.2) is 0 Å². The van der Waals surface area contributed by atoms with Crippen LogP contribution < -0.4 is 0 Å². The molecule has 2 rings (SSSR count). The van der Waals surface area contributed by atoms with Gasteiger partial charge in [0.25, 0.3) is 0 Å². The number of halogens is 2. The average Bonchev–Trinajstić information content (AvgIpc) is 2.37. The van der Waals surface area contributed by atoms with E-state index in [9.17, 15) is 8.78 Å². The summed E-state index contributed by atoms with van der Waals surface area (Å²) >= 11 is 0. The molecule has 0 fully saturated rings. The van der Waals surface area contributed by atoms with Crippen LogP contribution in [0.15, 0.2) is 48.5 Å². The second-order valence-corrected chi connectivity index (χ2v) is 3.43. The van der Waals surface area contributed by atoms with Crippen molar-refractivity contribution in [3.05, 3.63) is 71.3 Å². The predicted octanol–water partition coefficient (Wildman–Crippen LogP) is 4.58. The highest BCUT2D eigenvalue weighted by Crippen LogP contribution is 2.10. The van der Waals surface area contributed by atoms with Gasteiger partial charge in [-0.05, 0) is 41.8 Å². The van der Waals surface area contributed by atoms with Gasteiger partial charge in [-0.2, -0.15) is 0 Å². The Kier molecular flexibility index (Phi) is 5.34. The summed E-state index contributed by atoms with van der Waals surface area (Å²) in [7, 11) is 0. The fourth-order valence-corrected chi connectivity index (χ4v) is 1.44. The Morgan fingerprint density at radius 1 is 0.647 bits per heavy atom. The van der Waals surface area contributed by atoms with E-state index in [1.165, 1.54) is 24.3 Å². The second kappa shape index (κ2) is 6.79. The van der Waals surface area contributed by atoms with Crippen molar-refractivity contribution in [1.29, 1.82) is 0 Å². The number of rotatable bonds is 2. The molecular weight excluding hydrogens is 218 g/mol. The Balaban J connectivity index is 0.000000686. The van der Waals surface area contributed by atoms with Gasteiger partial charge in [-0.1, -0.05) is 38.1 Å². The van der Waals surface area contributed by atoms with Crippen LogP contribution in [0.2, 0.25) is 0 Å². The molecule has 0 spiro atoms. The third-order valence-electron chi connectivity index (χ3n) is 2.23. The number of benzene rings is 2. The first-order valence-electron chi connectivity index (χ1n) is 5.73.